The summed E-state index contributed by atoms with van der Waals surface area (Å²) in [4.78, 5) is 11.7. The van der Waals surface area contributed by atoms with E-state index in [0.717, 1.165) is 6.42 Å². The van der Waals surface area contributed by atoms with E-state index in [2.05, 4.69) is 10.6 Å². The zero-order valence-electron chi connectivity index (χ0n) is 9.64. The topological polar surface area (TPSA) is 61.4 Å². The van der Waals surface area contributed by atoms with Crippen LogP contribution in [0.2, 0.25) is 0 Å². The zero-order valence-corrected chi connectivity index (χ0v) is 10.5. The predicted octanol–water partition coefficient (Wildman–Crippen LogP) is 1.06. The molecule has 4 nitrogen and oxygen atoms in total. The Hall–Kier alpha value is -1.46. The second-order valence-electron chi connectivity index (χ2n) is 3.58. The van der Waals surface area contributed by atoms with Gasteiger partial charge >= 0.3 is 0 Å². The number of carbonyl (C=O) groups is 1. The van der Waals surface area contributed by atoms with Crippen LogP contribution in [0.25, 0.3) is 0 Å². The largest absolute Gasteiger partial charge is 0.394 e. The van der Waals surface area contributed by atoms with E-state index in [1.807, 2.05) is 13.0 Å². The average molecular weight is 252 g/mol. The van der Waals surface area contributed by atoms with Gasteiger partial charge in [-0.2, -0.15) is 0 Å². The SMILES string of the molecule is CCC(CO)NC(=S)NC(=O)c1ccccc1. The van der Waals surface area contributed by atoms with E-state index in [4.69, 9.17) is 17.3 Å². The summed E-state index contributed by atoms with van der Waals surface area (Å²) in [6, 6.07) is 8.70. The number of hydrogen-bond donors (Lipinski definition) is 3. The third-order valence-corrected chi connectivity index (χ3v) is 2.53. The van der Waals surface area contributed by atoms with Crippen molar-refractivity contribution in [3.05, 3.63) is 35.9 Å². The van der Waals surface area contributed by atoms with Crippen molar-refractivity contribution in [2.45, 2.75) is 19.4 Å². The van der Waals surface area contributed by atoms with E-state index in [1.165, 1.54) is 0 Å². The van der Waals surface area contributed by atoms with Gasteiger partial charge in [-0.15, -0.1) is 0 Å². The number of hydrogen-bond acceptors (Lipinski definition) is 3. The standard InChI is InChI=1S/C12H16N2O2S/c1-2-10(8-15)13-12(17)14-11(16)9-6-4-3-5-7-9/h3-7,10,15H,2,8H2,1H3,(H2,13,14,16,17). The van der Waals surface area contributed by atoms with Crippen molar-refractivity contribution in [2.75, 3.05) is 6.61 Å². The van der Waals surface area contributed by atoms with Crippen molar-refractivity contribution < 1.29 is 9.90 Å². The van der Waals surface area contributed by atoms with Crippen molar-refractivity contribution in [2.24, 2.45) is 0 Å². The summed E-state index contributed by atoms with van der Waals surface area (Å²) >= 11 is 4.98. The van der Waals surface area contributed by atoms with Crippen LogP contribution < -0.4 is 10.6 Å². The van der Waals surface area contributed by atoms with Gasteiger partial charge in [0, 0.05) is 5.56 Å². The lowest BCUT2D eigenvalue weighted by atomic mass is 10.2. The van der Waals surface area contributed by atoms with E-state index in [9.17, 15) is 4.79 Å². The van der Waals surface area contributed by atoms with Crippen LogP contribution in [-0.4, -0.2) is 28.8 Å². The maximum absolute atomic E-state index is 11.7. The fraction of sp³-hybridized carbons (Fsp3) is 0.333. The van der Waals surface area contributed by atoms with E-state index in [1.54, 1.807) is 24.3 Å². The van der Waals surface area contributed by atoms with Crippen molar-refractivity contribution in [3.63, 3.8) is 0 Å². The Balaban J connectivity index is 2.49. The fourth-order valence-electron chi connectivity index (χ4n) is 1.26. The molecular weight excluding hydrogens is 236 g/mol. The van der Waals surface area contributed by atoms with Crippen LogP contribution in [0, 0.1) is 0 Å². The van der Waals surface area contributed by atoms with Gasteiger partial charge in [0.15, 0.2) is 5.11 Å². The number of amides is 1. The third-order valence-electron chi connectivity index (χ3n) is 2.31. The molecule has 0 spiro atoms. The highest BCUT2D eigenvalue weighted by atomic mass is 32.1. The Kier molecular flexibility index (Phi) is 5.59. The molecule has 3 N–H and O–H groups in total. The van der Waals surface area contributed by atoms with Crippen LogP contribution in [0.1, 0.15) is 23.7 Å². The number of benzene rings is 1. The van der Waals surface area contributed by atoms with Gasteiger partial charge in [-0.05, 0) is 30.8 Å². The molecule has 1 aromatic carbocycles. The lowest BCUT2D eigenvalue weighted by Crippen LogP contribution is -2.45. The second-order valence-corrected chi connectivity index (χ2v) is 3.99. The van der Waals surface area contributed by atoms with Crippen molar-refractivity contribution in [1.82, 2.24) is 10.6 Å². The van der Waals surface area contributed by atoms with Gasteiger partial charge in [-0.25, -0.2) is 0 Å². The van der Waals surface area contributed by atoms with Crippen molar-refractivity contribution in [1.29, 1.82) is 0 Å². The van der Waals surface area contributed by atoms with Gasteiger partial charge in [-0.1, -0.05) is 25.1 Å². The maximum Gasteiger partial charge on any atom is 0.257 e. The maximum atomic E-state index is 11.7. The van der Waals surface area contributed by atoms with E-state index < -0.39 is 0 Å². The second kappa shape index (κ2) is 6.98. The minimum Gasteiger partial charge on any atom is -0.394 e. The molecule has 0 heterocycles. The lowest BCUT2D eigenvalue weighted by molar-refractivity contribution is 0.0976. The normalized spacial score (nSPS) is 11.6. The van der Waals surface area contributed by atoms with E-state index in [0.29, 0.717) is 5.56 Å². The number of carbonyl (C=O) groups excluding carboxylic acids is 1. The van der Waals surface area contributed by atoms with Gasteiger partial charge in [0.2, 0.25) is 0 Å². The van der Waals surface area contributed by atoms with Crippen LogP contribution in [0.3, 0.4) is 0 Å². The van der Waals surface area contributed by atoms with Gasteiger partial charge in [0.05, 0.1) is 12.6 Å². The number of nitrogens with one attached hydrogen (secondary N) is 2. The number of rotatable bonds is 4. The quantitative estimate of drug-likeness (QED) is 0.701. The molecule has 92 valence electrons. The summed E-state index contributed by atoms with van der Waals surface area (Å²) in [5.74, 6) is -0.254. The molecule has 1 atom stereocenters. The third kappa shape index (κ3) is 4.50. The first-order valence-corrected chi connectivity index (χ1v) is 5.86. The minimum atomic E-state index is -0.254. The number of thiocarbonyl (C=S) groups is 1. The summed E-state index contributed by atoms with van der Waals surface area (Å²) < 4.78 is 0. The predicted molar refractivity (Wildman–Crippen MR) is 70.8 cm³/mol. The number of aliphatic hydroxyl groups excluding tert-OH is 1. The molecule has 17 heavy (non-hydrogen) atoms. The molecule has 0 bridgehead atoms. The summed E-state index contributed by atoms with van der Waals surface area (Å²) in [6.45, 7) is 1.91. The Labute approximate surface area is 106 Å². The zero-order chi connectivity index (χ0) is 12.7. The first kappa shape index (κ1) is 13.6. The Morgan fingerprint density at radius 1 is 1.41 bits per heavy atom. The first-order valence-electron chi connectivity index (χ1n) is 5.45. The Morgan fingerprint density at radius 3 is 2.59 bits per heavy atom. The summed E-state index contributed by atoms with van der Waals surface area (Å²) in [6.07, 6.45) is 0.734. The first-order chi connectivity index (χ1) is 8.17. The highest BCUT2D eigenvalue weighted by Crippen LogP contribution is 1.97. The Morgan fingerprint density at radius 2 is 2.06 bits per heavy atom. The van der Waals surface area contributed by atoms with Gasteiger partial charge in [-0.3, -0.25) is 10.1 Å². The smallest absolute Gasteiger partial charge is 0.257 e. The van der Waals surface area contributed by atoms with Crippen LogP contribution in [0.15, 0.2) is 30.3 Å². The molecule has 0 aliphatic heterocycles. The van der Waals surface area contributed by atoms with Crippen molar-refractivity contribution in [3.8, 4) is 0 Å². The van der Waals surface area contributed by atoms with E-state index >= 15 is 0 Å². The minimum absolute atomic E-state index is 0.0160. The monoisotopic (exact) mass is 252 g/mol. The molecule has 1 unspecified atom stereocenters. The van der Waals surface area contributed by atoms with Crippen LogP contribution in [0.5, 0.6) is 0 Å². The van der Waals surface area contributed by atoms with Gasteiger partial charge in [0.1, 0.15) is 0 Å². The molecular formula is C12H16N2O2S. The molecule has 0 aliphatic rings. The molecule has 0 radical (unpaired) electrons. The van der Waals surface area contributed by atoms with Gasteiger partial charge < -0.3 is 10.4 Å². The molecule has 0 saturated carbocycles. The molecule has 0 fully saturated rings. The fourth-order valence-corrected chi connectivity index (χ4v) is 1.52. The van der Waals surface area contributed by atoms with Crippen LogP contribution in [-0.2, 0) is 0 Å². The lowest BCUT2D eigenvalue weighted by Gasteiger charge is -2.16. The molecule has 1 rings (SSSR count). The summed E-state index contributed by atoms with van der Waals surface area (Å²) in [5.41, 5.74) is 0.550. The highest BCUT2D eigenvalue weighted by Gasteiger charge is 2.10. The number of aliphatic hydroxyl groups is 1. The molecule has 0 saturated heterocycles. The van der Waals surface area contributed by atoms with Crippen LogP contribution >= 0.6 is 12.2 Å². The molecule has 1 amide bonds. The Bertz CT molecular complexity index is 377. The van der Waals surface area contributed by atoms with Gasteiger partial charge in [0.25, 0.3) is 5.91 Å². The van der Waals surface area contributed by atoms with Crippen molar-refractivity contribution >= 4 is 23.2 Å². The summed E-state index contributed by atoms with van der Waals surface area (Å²) in [5, 5.41) is 14.7. The highest BCUT2D eigenvalue weighted by molar-refractivity contribution is 7.80. The summed E-state index contributed by atoms with van der Waals surface area (Å²) in [7, 11) is 0. The molecule has 0 aliphatic carbocycles. The molecule has 0 aromatic heterocycles. The molecule has 1 aromatic rings. The average Bonchev–Trinajstić information content (AvgIpc) is 2.37. The van der Waals surface area contributed by atoms with E-state index in [-0.39, 0.29) is 23.7 Å². The van der Waals surface area contributed by atoms with Crippen LogP contribution in [0.4, 0.5) is 0 Å². The molecule has 5 heteroatoms.